The molecule has 7 heteroatoms. The van der Waals surface area contributed by atoms with Crippen molar-refractivity contribution in [2.75, 3.05) is 14.2 Å². The summed E-state index contributed by atoms with van der Waals surface area (Å²) in [5, 5.41) is 10.1. The van der Waals surface area contributed by atoms with Crippen LogP contribution in [0.5, 0.6) is 11.5 Å². The van der Waals surface area contributed by atoms with Gasteiger partial charge >= 0.3 is 5.97 Å². The molecule has 0 aliphatic rings. The Balaban J connectivity index is 1.66. The highest BCUT2D eigenvalue weighted by Crippen LogP contribution is 2.32. The summed E-state index contributed by atoms with van der Waals surface area (Å²) in [7, 11) is 3.19. The van der Waals surface area contributed by atoms with E-state index in [9.17, 15) is 14.7 Å². The van der Waals surface area contributed by atoms with Gasteiger partial charge in [0.2, 0.25) is 0 Å². The van der Waals surface area contributed by atoms with Crippen LogP contribution in [0.1, 0.15) is 21.6 Å². The lowest BCUT2D eigenvalue weighted by atomic mass is 10.1. The van der Waals surface area contributed by atoms with Crippen molar-refractivity contribution < 1.29 is 24.2 Å². The summed E-state index contributed by atoms with van der Waals surface area (Å²) in [6, 6.07) is 20.5. The molecule has 0 saturated carbocycles. The van der Waals surface area contributed by atoms with Crippen molar-refractivity contribution in [3.8, 4) is 11.5 Å². The van der Waals surface area contributed by atoms with Crippen molar-refractivity contribution in [2.24, 2.45) is 0 Å². The number of hydrogen-bond donors (Lipinski definition) is 1. The van der Waals surface area contributed by atoms with Gasteiger partial charge in [-0.25, -0.2) is 0 Å². The molecular weight excluding hydrogens is 438 g/mol. The molecule has 6 nitrogen and oxygen atoms in total. The second-order valence-corrected chi connectivity index (χ2v) is 8.61. The smallest absolute Gasteiger partial charge is 0.307 e. The number of fused-ring (bicyclic) bond motifs is 1. The van der Waals surface area contributed by atoms with Crippen LogP contribution in [0.3, 0.4) is 0 Å². The Morgan fingerprint density at radius 3 is 2.03 bits per heavy atom. The largest absolute Gasteiger partial charge is 0.497 e. The average Bonchev–Trinajstić information content (AvgIpc) is 3.09. The molecule has 0 amide bonds. The monoisotopic (exact) mass is 461 g/mol. The minimum Gasteiger partial charge on any atom is -0.497 e. The van der Waals surface area contributed by atoms with Crippen molar-refractivity contribution in [1.82, 2.24) is 4.57 Å². The van der Waals surface area contributed by atoms with Gasteiger partial charge in [-0.15, -0.1) is 0 Å². The molecule has 168 valence electrons. The highest BCUT2D eigenvalue weighted by molar-refractivity contribution is 7.99. The van der Waals surface area contributed by atoms with Crippen LogP contribution in [-0.2, 0) is 11.2 Å². The minimum absolute atomic E-state index is 0.173. The predicted molar refractivity (Wildman–Crippen MR) is 128 cm³/mol. The van der Waals surface area contributed by atoms with Crippen LogP contribution >= 0.6 is 11.8 Å². The van der Waals surface area contributed by atoms with Crippen LogP contribution in [0, 0.1) is 6.92 Å². The van der Waals surface area contributed by atoms with Gasteiger partial charge in [-0.2, -0.15) is 0 Å². The van der Waals surface area contributed by atoms with Crippen LogP contribution in [0.25, 0.3) is 10.9 Å². The lowest BCUT2D eigenvalue weighted by molar-refractivity contribution is -0.136. The highest BCUT2D eigenvalue weighted by atomic mass is 32.2. The molecule has 0 bridgehead atoms. The van der Waals surface area contributed by atoms with Gasteiger partial charge in [0.25, 0.3) is 5.91 Å². The molecule has 0 unspecified atom stereocenters. The molecule has 0 aliphatic heterocycles. The summed E-state index contributed by atoms with van der Waals surface area (Å²) >= 11 is 1.59. The number of aliphatic carboxylic acids is 1. The van der Waals surface area contributed by atoms with Gasteiger partial charge in [0.15, 0.2) is 0 Å². The van der Waals surface area contributed by atoms with Crippen molar-refractivity contribution in [1.29, 1.82) is 0 Å². The number of benzene rings is 3. The van der Waals surface area contributed by atoms with Crippen LogP contribution in [0.15, 0.2) is 76.5 Å². The summed E-state index contributed by atoms with van der Waals surface area (Å²) in [6.45, 7) is 1.77. The maximum absolute atomic E-state index is 13.4. The molecular formula is C26H23NO5S. The zero-order valence-electron chi connectivity index (χ0n) is 18.5. The maximum Gasteiger partial charge on any atom is 0.307 e. The van der Waals surface area contributed by atoms with Crippen LogP contribution < -0.4 is 9.47 Å². The Morgan fingerprint density at radius 2 is 1.45 bits per heavy atom. The number of carboxylic acid groups (broad SMARTS) is 1. The summed E-state index contributed by atoms with van der Waals surface area (Å²) in [4.78, 5) is 27.0. The fourth-order valence-corrected chi connectivity index (χ4v) is 4.62. The molecule has 0 saturated heterocycles. The van der Waals surface area contributed by atoms with E-state index >= 15 is 0 Å². The predicted octanol–water partition coefficient (Wildman–Crippen LogP) is 5.43. The topological polar surface area (TPSA) is 77.8 Å². The molecule has 0 spiro atoms. The Kier molecular flexibility index (Phi) is 6.42. The number of rotatable bonds is 7. The van der Waals surface area contributed by atoms with Crippen molar-refractivity contribution in [2.45, 2.75) is 23.1 Å². The summed E-state index contributed by atoms with van der Waals surface area (Å²) in [6.07, 6.45) is -0.173. The van der Waals surface area contributed by atoms with Gasteiger partial charge in [0, 0.05) is 26.4 Å². The first-order valence-electron chi connectivity index (χ1n) is 10.3. The van der Waals surface area contributed by atoms with Crippen molar-refractivity contribution >= 4 is 34.5 Å². The normalized spacial score (nSPS) is 10.9. The SMILES string of the molecule is COc1ccc(Sc2ccc(C(=O)n3c(C)c(CC(=O)O)c4cc(OC)ccc43)cc2)cc1. The van der Waals surface area contributed by atoms with E-state index in [1.807, 2.05) is 36.4 Å². The third-order valence-electron chi connectivity index (χ3n) is 5.47. The van der Waals surface area contributed by atoms with Crippen molar-refractivity contribution in [3.05, 3.63) is 83.6 Å². The number of methoxy groups -OCH3 is 2. The fraction of sp³-hybridized carbons (Fsp3) is 0.154. The van der Waals surface area contributed by atoms with E-state index in [2.05, 4.69) is 0 Å². The first-order valence-corrected chi connectivity index (χ1v) is 11.1. The highest BCUT2D eigenvalue weighted by Gasteiger charge is 2.21. The number of carboxylic acids is 1. The second-order valence-electron chi connectivity index (χ2n) is 7.46. The standard InChI is InChI=1S/C26H23NO5S/c1-16-22(15-25(28)29)23-14-19(32-3)8-13-24(23)27(16)26(30)17-4-9-20(10-5-17)33-21-11-6-18(31-2)7-12-21/h4-14H,15H2,1-3H3,(H,28,29). The van der Waals surface area contributed by atoms with Gasteiger partial charge in [0.1, 0.15) is 11.5 Å². The van der Waals surface area contributed by atoms with Gasteiger partial charge in [-0.05, 0) is 79.2 Å². The van der Waals surface area contributed by atoms with Gasteiger partial charge in [-0.3, -0.25) is 14.2 Å². The Bertz CT molecular complexity index is 1320. The number of carbonyl (C=O) groups is 2. The Morgan fingerprint density at radius 1 is 0.879 bits per heavy atom. The molecule has 33 heavy (non-hydrogen) atoms. The summed E-state index contributed by atoms with van der Waals surface area (Å²) in [5.41, 5.74) is 2.40. The lowest BCUT2D eigenvalue weighted by Gasteiger charge is -2.09. The first-order chi connectivity index (χ1) is 15.9. The van der Waals surface area contributed by atoms with E-state index in [0.717, 1.165) is 15.5 Å². The van der Waals surface area contributed by atoms with Crippen molar-refractivity contribution in [3.63, 3.8) is 0 Å². The summed E-state index contributed by atoms with van der Waals surface area (Å²) < 4.78 is 12.1. The second kappa shape index (κ2) is 9.42. The number of aromatic nitrogens is 1. The molecule has 1 aromatic heterocycles. The van der Waals surface area contributed by atoms with E-state index in [1.165, 1.54) is 0 Å². The zero-order valence-corrected chi connectivity index (χ0v) is 19.3. The van der Waals surface area contributed by atoms with Gasteiger partial charge in [-0.1, -0.05) is 11.8 Å². The van der Waals surface area contributed by atoms with E-state index in [-0.39, 0.29) is 12.3 Å². The number of nitrogens with zero attached hydrogens (tertiary/aromatic N) is 1. The van der Waals surface area contributed by atoms with Gasteiger partial charge in [0.05, 0.1) is 26.2 Å². The molecule has 0 aliphatic carbocycles. The van der Waals surface area contributed by atoms with Crippen LogP contribution in [0.2, 0.25) is 0 Å². The molecule has 4 aromatic rings. The van der Waals surface area contributed by atoms with Crippen LogP contribution in [0.4, 0.5) is 0 Å². The zero-order chi connectivity index (χ0) is 23.5. The van der Waals surface area contributed by atoms with E-state index in [1.54, 1.807) is 67.8 Å². The van der Waals surface area contributed by atoms with Gasteiger partial charge < -0.3 is 14.6 Å². The van der Waals surface area contributed by atoms with E-state index in [4.69, 9.17) is 9.47 Å². The molecule has 1 heterocycles. The Labute approximate surface area is 195 Å². The first kappa shape index (κ1) is 22.5. The molecule has 3 aromatic carbocycles. The third kappa shape index (κ3) is 4.59. The number of carbonyl (C=O) groups excluding carboxylic acids is 1. The molecule has 0 fully saturated rings. The number of ether oxygens (including phenoxy) is 2. The molecule has 1 N–H and O–H groups in total. The van der Waals surface area contributed by atoms with E-state index in [0.29, 0.717) is 33.5 Å². The molecule has 0 radical (unpaired) electrons. The Hall–Kier alpha value is -3.71. The fourth-order valence-electron chi connectivity index (χ4n) is 3.80. The van der Waals surface area contributed by atoms with E-state index < -0.39 is 5.97 Å². The maximum atomic E-state index is 13.4. The molecule has 4 rings (SSSR count). The average molecular weight is 462 g/mol. The lowest BCUT2D eigenvalue weighted by Crippen LogP contribution is -2.14. The third-order valence-corrected chi connectivity index (χ3v) is 6.49. The number of hydrogen-bond acceptors (Lipinski definition) is 5. The summed E-state index contributed by atoms with van der Waals surface area (Å²) in [5.74, 6) is 0.251. The quantitative estimate of drug-likeness (QED) is 0.395. The van der Waals surface area contributed by atoms with Crippen LogP contribution in [-0.4, -0.2) is 35.8 Å². The molecule has 0 atom stereocenters. The minimum atomic E-state index is -0.952.